The molecule has 0 saturated carbocycles. The number of esters is 1. The van der Waals surface area contributed by atoms with Crippen LogP contribution < -0.4 is 5.32 Å². The van der Waals surface area contributed by atoms with Crippen molar-refractivity contribution in [2.45, 2.75) is 34.1 Å². The van der Waals surface area contributed by atoms with Crippen molar-refractivity contribution in [2.24, 2.45) is 5.41 Å². The molecule has 0 saturated heterocycles. The van der Waals surface area contributed by atoms with Crippen LogP contribution in [0.5, 0.6) is 0 Å². The van der Waals surface area contributed by atoms with E-state index in [4.69, 9.17) is 4.74 Å². The molecule has 0 rings (SSSR count). The SMILES string of the molecule is CCCN(CC)CCNCC(C)(C)C(=O)OC. The molecule has 17 heavy (non-hydrogen) atoms. The van der Waals surface area contributed by atoms with Gasteiger partial charge in [-0.1, -0.05) is 13.8 Å². The molecule has 0 amide bonds. The van der Waals surface area contributed by atoms with Crippen molar-refractivity contribution >= 4 is 5.97 Å². The van der Waals surface area contributed by atoms with Crippen molar-refractivity contribution in [3.63, 3.8) is 0 Å². The molecule has 4 nitrogen and oxygen atoms in total. The molecule has 0 aliphatic carbocycles. The van der Waals surface area contributed by atoms with E-state index in [1.807, 2.05) is 13.8 Å². The first-order valence-corrected chi connectivity index (χ1v) is 6.49. The third-order valence-electron chi connectivity index (χ3n) is 2.90. The van der Waals surface area contributed by atoms with Crippen LogP contribution in [0, 0.1) is 5.41 Å². The predicted octanol–water partition coefficient (Wildman–Crippen LogP) is 1.51. The molecule has 1 N–H and O–H groups in total. The fraction of sp³-hybridized carbons (Fsp3) is 0.923. The molecule has 0 radical (unpaired) electrons. The van der Waals surface area contributed by atoms with Crippen molar-refractivity contribution < 1.29 is 9.53 Å². The molecule has 0 atom stereocenters. The number of likely N-dealkylation sites (N-methyl/N-ethyl adjacent to an activating group) is 1. The van der Waals surface area contributed by atoms with Gasteiger partial charge < -0.3 is 15.0 Å². The number of hydrogen-bond acceptors (Lipinski definition) is 4. The first-order valence-electron chi connectivity index (χ1n) is 6.49. The molecule has 0 heterocycles. The first kappa shape index (κ1) is 16.4. The second-order valence-corrected chi connectivity index (χ2v) is 4.99. The fourth-order valence-corrected chi connectivity index (χ4v) is 1.73. The van der Waals surface area contributed by atoms with Gasteiger partial charge in [-0.15, -0.1) is 0 Å². The lowest BCUT2D eigenvalue weighted by Gasteiger charge is -2.24. The molecule has 0 aliphatic rings. The van der Waals surface area contributed by atoms with Gasteiger partial charge in [0.05, 0.1) is 12.5 Å². The Morgan fingerprint density at radius 1 is 1.29 bits per heavy atom. The number of nitrogens with one attached hydrogen (secondary N) is 1. The van der Waals surface area contributed by atoms with Gasteiger partial charge in [-0.3, -0.25) is 4.79 Å². The quantitative estimate of drug-likeness (QED) is 0.493. The van der Waals surface area contributed by atoms with Gasteiger partial charge in [0, 0.05) is 19.6 Å². The lowest BCUT2D eigenvalue weighted by atomic mass is 9.94. The van der Waals surface area contributed by atoms with Gasteiger partial charge in [0.1, 0.15) is 0 Å². The highest BCUT2D eigenvalue weighted by Gasteiger charge is 2.27. The standard InChI is InChI=1S/C13H28N2O2/c1-6-9-15(7-2)10-8-14-11-13(3,4)12(16)17-5/h14H,6-11H2,1-5H3. The van der Waals surface area contributed by atoms with Crippen LogP contribution in [0.15, 0.2) is 0 Å². The van der Waals surface area contributed by atoms with Crippen LogP contribution in [0.25, 0.3) is 0 Å². The highest BCUT2D eigenvalue weighted by molar-refractivity contribution is 5.76. The highest BCUT2D eigenvalue weighted by Crippen LogP contribution is 2.14. The minimum atomic E-state index is -0.448. The summed E-state index contributed by atoms with van der Waals surface area (Å²) in [6.45, 7) is 13.0. The summed E-state index contributed by atoms with van der Waals surface area (Å²) < 4.78 is 4.76. The zero-order chi connectivity index (χ0) is 13.3. The zero-order valence-corrected chi connectivity index (χ0v) is 12.0. The molecule has 0 bridgehead atoms. The molecular weight excluding hydrogens is 216 g/mol. The largest absolute Gasteiger partial charge is 0.469 e. The monoisotopic (exact) mass is 244 g/mol. The molecule has 0 aromatic rings. The van der Waals surface area contributed by atoms with Crippen LogP contribution in [0.2, 0.25) is 0 Å². The van der Waals surface area contributed by atoms with Crippen LogP contribution in [0.3, 0.4) is 0 Å². The average molecular weight is 244 g/mol. The van der Waals surface area contributed by atoms with Crippen molar-refractivity contribution in [3.05, 3.63) is 0 Å². The first-order chi connectivity index (χ1) is 7.97. The van der Waals surface area contributed by atoms with E-state index in [9.17, 15) is 4.79 Å². The Bertz CT molecular complexity index is 217. The zero-order valence-electron chi connectivity index (χ0n) is 12.0. The second kappa shape index (κ2) is 8.48. The molecular formula is C13H28N2O2. The summed E-state index contributed by atoms with van der Waals surface area (Å²) in [5.74, 6) is -0.161. The number of methoxy groups -OCH3 is 1. The maximum atomic E-state index is 11.4. The normalized spacial score (nSPS) is 11.9. The van der Waals surface area contributed by atoms with Crippen LogP contribution in [-0.2, 0) is 9.53 Å². The summed E-state index contributed by atoms with van der Waals surface area (Å²) in [5.41, 5.74) is -0.448. The van der Waals surface area contributed by atoms with E-state index in [2.05, 4.69) is 24.1 Å². The van der Waals surface area contributed by atoms with Gasteiger partial charge in [0.2, 0.25) is 0 Å². The van der Waals surface area contributed by atoms with Crippen LogP contribution in [0.1, 0.15) is 34.1 Å². The van der Waals surface area contributed by atoms with Gasteiger partial charge >= 0.3 is 5.97 Å². The smallest absolute Gasteiger partial charge is 0.312 e. The number of rotatable bonds is 9. The third-order valence-corrected chi connectivity index (χ3v) is 2.90. The van der Waals surface area contributed by atoms with Crippen LogP contribution in [0.4, 0.5) is 0 Å². The Balaban J connectivity index is 3.79. The van der Waals surface area contributed by atoms with Gasteiger partial charge in [0.15, 0.2) is 0 Å². The van der Waals surface area contributed by atoms with Gasteiger partial charge in [-0.05, 0) is 33.4 Å². The maximum Gasteiger partial charge on any atom is 0.312 e. The molecule has 0 aromatic carbocycles. The van der Waals surface area contributed by atoms with E-state index in [0.29, 0.717) is 6.54 Å². The van der Waals surface area contributed by atoms with Crippen LogP contribution >= 0.6 is 0 Å². The Morgan fingerprint density at radius 2 is 1.94 bits per heavy atom. The van der Waals surface area contributed by atoms with Gasteiger partial charge in [0.25, 0.3) is 0 Å². The molecule has 0 spiro atoms. The summed E-state index contributed by atoms with van der Waals surface area (Å²) in [6, 6.07) is 0. The van der Waals surface area contributed by atoms with Crippen molar-refractivity contribution in [2.75, 3.05) is 39.8 Å². The summed E-state index contributed by atoms with van der Waals surface area (Å²) in [5, 5.41) is 3.32. The fourth-order valence-electron chi connectivity index (χ4n) is 1.73. The Labute approximate surface area is 106 Å². The van der Waals surface area contributed by atoms with E-state index in [0.717, 1.165) is 26.2 Å². The third kappa shape index (κ3) is 6.64. The number of carbonyl (C=O) groups excluding carboxylic acids is 1. The summed E-state index contributed by atoms with van der Waals surface area (Å²) in [7, 11) is 1.43. The summed E-state index contributed by atoms with van der Waals surface area (Å²) in [6.07, 6.45) is 1.18. The van der Waals surface area contributed by atoms with E-state index in [1.54, 1.807) is 0 Å². The Morgan fingerprint density at radius 3 is 2.41 bits per heavy atom. The minimum Gasteiger partial charge on any atom is -0.469 e. The lowest BCUT2D eigenvalue weighted by molar-refractivity contribution is -0.150. The van der Waals surface area contributed by atoms with E-state index in [-0.39, 0.29) is 5.97 Å². The number of carbonyl (C=O) groups is 1. The molecule has 0 unspecified atom stereocenters. The number of nitrogens with zero attached hydrogens (tertiary/aromatic N) is 1. The number of ether oxygens (including phenoxy) is 1. The van der Waals surface area contributed by atoms with Crippen molar-refractivity contribution in [1.82, 2.24) is 10.2 Å². The Kier molecular flexibility index (Phi) is 8.17. The maximum absolute atomic E-state index is 11.4. The molecule has 0 aromatic heterocycles. The highest BCUT2D eigenvalue weighted by atomic mass is 16.5. The molecule has 102 valence electrons. The van der Waals surface area contributed by atoms with Gasteiger partial charge in [-0.25, -0.2) is 0 Å². The minimum absolute atomic E-state index is 0.161. The van der Waals surface area contributed by atoms with E-state index >= 15 is 0 Å². The summed E-state index contributed by atoms with van der Waals surface area (Å²) >= 11 is 0. The van der Waals surface area contributed by atoms with Gasteiger partial charge in [-0.2, -0.15) is 0 Å². The average Bonchev–Trinajstić information content (AvgIpc) is 2.31. The molecule has 0 aliphatic heterocycles. The second-order valence-electron chi connectivity index (χ2n) is 4.99. The van der Waals surface area contributed by atoms with Crippen LogP contribution in [-0.4, -0.2) is 50.7 Å². The molecule has 4 heteroatoms. The van der Waals surface area contributed by atoms with E-state index in [1.165, 1.54) is 13.5 Å². The lowest BCUT2D eigenvalue weighted by Crippen LogP contribution is -2.40. The van der Waals surface area contributed by atoms with Crippen molar-refractivity contribution in [3.8, 4) is 0 Å². The predicted molar refractivity (Wildman–Crippen MR) is 71.1 cm³/mol. The topological polar surface area (TPSA) is 41.6 Å². The van der Waals surface area contributed by atoms with E-state index < -0.39 is 5.41 Å². The molecule has 0 fully saturated rings. The Hall–Kier alpha value is -0.610. The summed E-state index contributed by atoms with van der Waals surface area (Å²) in [4.78, 5) is 13.8. The van der Waals surface area contributed by atoms with Crippen molar-refractivity contribution in [1.29, 1.82) is 0 Å². The number of hydrogen-bond donors (Lipinski definition) is 1.